The molecule has 0 radical (unpaired) electrons. The van der Waals surface area contributed by atoms with Crippen molar-refractivity contribution < 1.29 is 0 Å². The molecule has 1 aromatic carbocycles. The maximum Gasteiger partial charge on any atom is 0.207 e. The Morgan fingerprint density at radius 2 is 2.24 bits per heavy atom. The fraction of sp³-hybridized carbons (Fsp3) is 0.308. The van der Waals surface area contributed by atoms with Crippen molar-refractivity contribution in [3.63, 3.8) is 0 Å². The first-order valence-corrected chi connectivity index (χ1v) is 6.54. The van der Waals surface area contributed by atoms with Gasteiger partial charge in [0.1, 0.15) is 0 Å². The van der Waals surface area contributed by atoms with Crippen LogP contribution in [-0.2, 0) is 6.54 Å². The predicted molar refractivity (Wildman–Crippen MR) is 74.7 cm³/mol. The van der Waals surface area contributed by atoms with Crippen LogP contribution < -0.4 is 5.32 Å². The van der Waals surface area contributed by atoms with E-state index in [1.54, 1.807) is 0 Å². The van der Waals surface area contributed by atoms with Gasteiger partial charge in [-0.1, -0.05) is 28.9 Å². The molecule has 4 heteroatoms. The Hall–Kier alpha value is -1.29. The molecule has 1 aromatic heterocycles. The van der Waals surface area contributed by atoms with Gasteiger partial charge in [0, 0.05) is 29.1 Å². The Kier molecular flexibility index (Phi) is 3.84. The summed E-state index contributed by atoms with van der Waals surface area (Å²) >= 11 is 3.53. The summed E-state index contributed by atoms with van der Waals surface area (Å²) in [5.41, 5.74) is 2.28. The third kappa shape index (κ3) is 2.88. The minimum atomic E-state index is 0.891. The molecule has 0 aliphatic rings. The maximum absolute atomic E-state index is 4.32. The number of rotatable bonds is 4. The SMILES string of the molecule is CCCn1ccnc1Nc1ccc(C)c(Br)c1. The van der Waals surface area contributed by atoms with Crippen LogP contribution in [0.3, 0.4) is 0 Å². The van der Waals surface area contributed by atoms with Crippen molar-refractivity contribution in [2.75, 3.05) is 5.32 Å². The number of aryl methyl sites for hydroxylation is 2. The summed E-state index contributed by atoms with van der Waals surface area (Å²) in [6.45, 7) is 5.22. The summed E-state index contributed by atoms with van der Waals surface area (Å²) < 4.78 is 3.23. The van der Waals surface area contributed by atoms with E-state index in [4.69, 9.17) is 0 Å². The molecule has 3 nitrogen and oxygen atoms in total. The monoisotopic (exact) mass is 293 g/mol. The fourth-order valence-electron chi connectivity index (χ4n) is 1.65. The van der Waals surface area contributed by atoms with Crippen molar-refractivity contribution in [1.82, 2.24) is 9.55 Å². The highest BCUT2D eigenvalue weighted by Gasteiger charge is 2.03. The number of benzene rings is 1. The van der Waals surface area contributed by atoms with Crippen molar-refractivity contribution >= 4 is 27.6 Å². The van der Waals surface area contributed by atoms with E-state index >= 15 is 0 Å². The van der Waals surface area contributed by atoms with E-state index in [0.717, 1.165) is 29.1 Å². The first-order chi connectivity index (χ1) is 8.20. The average molecular weight is 294 g/mol. The Morgan fingerprint density at radius 3 is 2.94 bits per heavy atom. The van der Waals surface area contributed by atoms with Crippen LogP contribution in [0.15, 0.2) is 35.1 Å². The highest BCUT2D eigenvalue weighted by Crippen LogP contribution is 2.23. The Labute approximate surface area is 110 Å². The van der Waals surface area contributed by atoms with E-state index in [9.17, 15) is 0 Å². The third-order valence-corrected chi connectivity index (χ3v) is 3.46. The molecular weight excluding hydrogens is 278 g/mol. The van der Waals surface area contributed by atoms with Crippen molar-refractivity contribution in [3.05, 3.63) is 40.6 Å². The van der Waals surface area contributed by atoms with Crippen LogP contribution >= 0.6 is 15.9 Å². The zero-order chi connectivity index (χ0) is 12.3. The molecule has 90 valence electrons. The average Bonchev–Trinajstić information content (AvgIpc) is 2.72. The summed E-state index contributed by atoms with van der Waals surface area (Å²) in [5, 5.41) is 3.33. The van der Waals surface area contributed by atoms with Crippen molar-refractivity contribution in [3.8, 4) is 0 Å². The zero-order valence-corrected chi connectivity index (χ0v) is 11.7. The normalized spacial score (nSPS) is 10.5. The molecule has 2 rings (SSSR count). The second-order valence-corrected chi connectivity index (χ2v) is 4.89. The van der Waals surface area contributed by atoms with Gasteiger partial charge in [0.25, 0.3) is 0 Å². The van der Waals surface area contributed by atoms with E-state index in [0.29, 0.717) is 0 Å². The number of aromatic nitrogens is 2. The number of hydrogen-bond acceptors (Lipinski definition) is 2. The van der Waals surface area contributed by atoms with Gasteiger partial charge < -0.3 is 9.88 Å². The molecule has 0 saturated carbocycles. The number of nitrogens with one attached hydrogen (secondary N) is 1. The minimum Gasteiger partial charge on any atom is -0.326 e. The summed E-state index contributed by atoms with van der Waals surface area (Å²) in [4.78, 5) is 4.32. The summed E-state index contributed by atoms with van der Waals surface area (Å²) in [7, 11) is 0. The molecule has 0 fully saturated rings. The number of imidazole rings is 1. The van der Waals surface area contributed by atoms with Crippen LogP contribution in [0.25, 0.3) is 0 Å². The van der Waals surface area contributed by atoms with Gasteiger partial charge in [-0.15, -0.1) is 0 Å². The molecule has 0 spiro atoms. The molecule has 2 aromatic rings. The third-order valence-electron chi connectivity index (χ3n) is 2.61. The Morgan fingerprint density at radius 1 is 1.41 bits per heavy atom. The van der Waals surface area contributed by atoms with E-state index in [-0.39, 0.29) is 0 Å². The predicted octanol–water partition coefficient (Wildman–Crippen LogP) is 4.11. The Balaban J connectivity index is 2.19. The van der Waals surface area contributed by atoms with Gasteiger partial charge in [-0.3, -0.25) is 0 Å². The molecule has 0 atom stereocenters. The van der Waals surface area contributed by atoms with Gasteiger partial charge in [-0.2, -0.15) is 0 Å². The van der Waals surface area contributed by atoms with Crippen LogP contribution in [0.5, 0.6) is 0 Å². The van der Waals surface area contributed by atoms with Crippen LogP contribution in [0.4, 0.5) is 11.6 Å². The quantitative estimate of drug-likeness (QED) is 0.919. The lowest BCUT2D eigenvalue weighted by Crippen LogP contribution is -2.02. The highest BCUT2D eigenvalue weighted by molar-refractivity contribution is 9.10. The lowest BCUT2D eigenvalue weighted by molar-refractivity contribution is 0.686. The molecule has 0 unspecified atom stereocenters. The topological polar surface area (TPSA) is 29.9 Å². The number of halogens is 1. The molecule has 0 saturated heterocycles. The van der Waals surface area contributed by atoms with E-state index in [1.807, 2.05) is 12.4 Å². The number of hydrogen-bond donors (Lipinski definition) is 1. The van der Waals surface area contributed by atoms with Crippen molar-refractivity contribution in [2.45, 2.75) is 26.8 Å². The summed E-state index contributed by atoms with van der Waals surface area (Å²) in [6, 6.07) is 6.21. The van der Waals surface area contributed by atoms with Crippen molar-refractivity contribution in [1.29, 1.82) is 0 Å². The molecule has 1 heterocycles. The molecule has 1 N–H and O–H groups in total. The standard InChI is InChI=1S/C13H16BrN3/c1-3-7-17-8-6-15-13(17)16-11-5-4-10(2)12(14)9-11/h4-6,8-9H,3,7H2,1-2H3,(H,15,16). The van der Waals surface area contributed by atoms with Crippen LogP contribution in [0, 0.1) is 6.92 Å². The largest absolute Gasteiger partial charge is 0.326 e. The Bertz CT molecular complexity index is 505. The molecule has 0 aliphatic heterocycles. The van der Waals surface area contributed by atoms with Crippen LogP contribution in [0.2, 0.25) is 0 Å². The smallest absolute Gasteiger partial charge is 0.207 e. The van der Waals surface area contributed by atoms with Crippen molar-refractivity contribution in [2.24, 2.45) is 0 Å². The van der Waals surface area contributed by atoms with Gasteiger partial charge in [-0.25, -0.2) is 4.98 Å². The summed E-state index contributed by atoms with van der Waals surface area (Å²) in [5.74, 6) is 0.891. The molecule has 0 aliphatic carbocycles. The lowest BCUT2D eigenvalue weighted by Gasteiger charge is -2.09. The second kappa shape index (κ2) is 5.36. The van der Waals surface area contributed by atoms with Gasteiger partial charge >= 0.3 is 0 Å². The lowest BCUT2D eigenvalue weighted by atomic mass is 10.2. The summed E-state index contributed by atoms with van der Waals surface area (Å²) in [6.07, 6.45) is 4.92. The first-order valence-electron chi connectivity index (χ1n) is 5.75. The van der Waals surface area contributed by atoms with Gasteiger partial charge in [0.05, 0.1) is 0 Å². The molecular formula is C13H16BrN3. The zero-order valence-electron chi connectivity index (χ0n) is 10.1. The van der Waals surface area contributed by atoms with Crippen LogP contribution in [-0.4, -0.2) is 9.55 Å². The molecule has 0 bridgehead atoms. The number of nitrogens with zero attached hydrogens (tertiary/aromatic N) is 2. The first kappa shape index (κ1) is 12.2. The van der Waals surface area contributed by atoms with E-state index < -0.39 is 0 Å². The highest BCUT2D eigenvalue weighted by atomic mass is 79.9. The molecule has 17 heavy (non-hydrogen) atoms. The van der Waals surface area contributed by atoms with E-state index in [1.165, 1.54) is 5.56 Å². The van der Waals surface area contributed by atoms with Gasteiger partial charge in [0.15, 0.2) is 0 Å². The van der Waals surface area contributed by atoms with E-state index in [2.05, 4.69) is 62.8 Å². The van der Waals surface area contributed by atoms with Gasteiger partial charge in [0.2, 0.25) is 5.95 Å². The minimum absolute atomic E-state index is 0.891. The maximum atomic E-state index is 4.32. The number of anilines is 2. The fourth-order valence-corrected chi connectivity index (χ4v) is 2.03. The second-order valence-electron chi connectivity index (χ2n) is 4.03. The van der Waals surface area contributed by atoms with Gasteiger partial charge in [-0.05, 0) is 31.0 Å². The molecule has 0 amide bonds. The van der Waals surface area contributed by atoms with Crippen LogP contribution in [0.1, 0.15) is 18.9 Å².